The molecule has 1 rings (SSSR count). The predicted octanol–water partition coefficient (Wildman–Crippen LogP) is 3.66. The highest BCUT2D eigenvalue weighted by Crippen LogP contribution is 2.34. The van der Waals surface area contributed by atoms with E-state index in [0.717, 1.165) is 0 Å². The summed E-state index contributed by atoms with van der Waals surface area (Å²) in [5.74, 6) is -1.29. The van der Waals surface area contributed by atoms with E-state index in [-0.39, 0.29) is 0 Å². The van der Waals surface area contributed by atoms with Gasteiger partial charge in [0.25, 0.3) is 6.43 Å². The number of rotatable bonds is 4. The normalized spacial score (nSPS) is 11.9. The van der Waals surface area contributed by atoms with Gasteiger partial charge in [-0.1, -0.05) is 6.07 Å². The lowest BCUT2D eigenvalue weighted by atomic mass is 9.99. The first-order valence-corrected chi connectivity index (χ1v) is 4.91. The van der Waals surface area contributed by atoms with Gasteiger partial charge >= 0.3 is 12.1 Å². The number of alkyl halides is 5. The maximum atomic E-state index is 12.6. The Morgan fingerprint density at radius 3 is 2.33 bits per heavy atom. The summed E-state index contributed by atoms with van der Waals surface area (Å²) in [6, 6.07) is 1.95. The van der Waals surface area contributed by atoms with E-state index < -0.39 is 48.1 Å². The first-order chi connectivity index (χ1) is 8.21. The van der Waals surface area contributed by atoms with E-state index in [1.807, 2.05) is 0 Å². The van der Waals surface area contributed by atoms with Gasteiger partial charge in [0.05, 0.1) is 5.56 Å². The summed E-state index contributed by atoms with van der Waals surface area (Å²) in [5.41, 5.74) is -2.06. The molecular formula is C11H9F5O2. The Morgan fingerprint density at radius 1 is 1.28 bits per heavy atom. The zero-order valence-corrected chi connectivity index (χ0v) is 8.97. The van der Waals surface area contributed by atoms with E-state index in [1.54, 1.807) is 0 Å². The third-order valence-electron chi connectivity index (χ3n) is 2.29. The first-order valence-electron chi connectivity index (χ1n) is 4.91. The number of carboxylic acids is 1. The quantitative estimate of drug-likeness (QED) is 0.846. The second kappa shape index (κ2) is 5.32. The summed E-state index contributed by atoms with van der Waals surface area (Å²) in [6.07, 6.45) is -8.56. The Labute approximate surface area is 99.0 Å². The lowest BCUT2D eigenvalue weighted by Crippen LogP contribution is -2.11. The molecule has 0 atom stereocenters. The van der Waals surface area contributed by atoms with Crippen LogP contribution in [0.5, 0.6) is 0 Å². The minimum atomic E-state index is -4.69. The Bertz CT molecular complexity index is 440. The molecule has 0 bridgehead atoms. The van der Waals surface area contributed by atoms with Gasteiger partial charge in [0, 0.05) is 12.0 Å². The van der Waals surface area contributed by atoms with Gasteiger partial charge in [-0.3, -0.25) is 4.79 Å². The molecule has 0 heterocycles. The smallest absolute Gasteiger partial charge is 0.416 e. The maximum Gasteiger partial charge on any atom is 0.416 e. The Morgan fingerprint density at radius 2 is 1.89 bits per heavy atom. The van der Waals surface area contributed by atoms with E-state index in [9.17, 15) is 26.7 Å². The van der Waals surface area contributed by atoms with Gasteiger partial charge in [-0.2, -0.15) is 13.2 Å². The average Bonchev–Trinajstić information content (AvgIpc) is 2.24. The molecule has 0 amide bonds. The molecular weight excluding hydrogens is 259 g/mol. The van der Waals surface area contributed by atoms with Gasteiger partial charge in [-0.25, -0.2) is 8.78 Å². The maximum absolute atomic E-state index is 12.6. The molecule has 0 saturated heterocycles. The van der Waals surface area contributed by atoms with Crippen LogP contribution in [0.1, 0.15) is 29.5 Å². The number of aryl methyl sites for hydroxylation is 1. The fraction of sp³-hybridized carbons (Fsp3) is 0.364. The molecule has 0 spiro atoms. The lowest BCUT2D eigenvalue weighted by molar-refractivity contribution is -0.140. The summed E-state index contributed by atoms with van der Waals surface area (Å²) in [4.78, 5) is 10.3. The molecule has 1 aromatic carbocycles. The largest absolute Gasteiger partial charge is 0.481 e. The SMILES string of the molecule is O=C(O)CCc1cc(C(F)F)ccc1C(F)(F)F. The Hall–Kier alpha value is -1.66. The van der Waals surface area contributed by atoms with Crippen molar-refractivity contribution in [3.63, 3.8) is 0 Å². The fourth-order valence-corrected chi connectivity index (χ4v) is 1.47. The minimum Gasteiger partial charge on any atom is -0.481 e. The van der Waals surface area contributed by atoms with Crippen LogP contribution in [0.3, 0.4) is 0 Å². The number of halogens is 5. The molecule has 0 aliphatic carbocycles. The van der Waals surface area contributed by atoms with Gasteiger partial charge in [0.1, 0.15) is 0 Å². The van der Waals surface area contributed by atoms with Crippen LogP contribution < -0.4 is 0 Å². The monoisotopic (exact) mass is 268 g/mol. The second-order valence-electron chi connectivity index (χ2n) is 3.61. The minimum absolute atomic E-state index is 0.428. The number of carboxylic acid groups (broad SMARTS) is 1. The number of carbonyl (C=O) groups is 1. The van der Waals surface area contributed by atoms with Crippen molar-refractivity contribution >= 4 is 5.97 Å². The van der Waals surface area contributed by atoms with E-state index >= 15 is 0 Å². The van der Waals surface area contributed by atoms with Crippen LogP contribution in [0.15, 0.2) is 18.2 Å². The van der Waals surface area contributed by atoms with Crippen molar-refractivity contribution < 1.29 is 31.9 Å². The zero-order valence-electron chi connectivity index (χ0n) is 8.97. The van der Waals surface area contributed by atoms with Gasteiger partial charge in [0.2, 0.25) is 0 Å². The molecule has 0 radical (unpaired) electrons. The highest BCUT2D eigenvalue weighted by Gasteiger charge is 2.33. The van der Waals surface area contributed by atoms with Gasteiger partial charge < -0.3 is 5.11 Å². The molecule has 0 aliphatic heterocycles. The predicted molar refractivity (Wildman–Crippen MR) is 52.4 cm³/mol. The van der Waals surface area contributed by atoms with E-state index in [0.29, 0.717) is 18.2 Å². The van der Waals surface area contributed by atoms with E-state index in [4.69, 9.17) is 5.11 Å². The summed E-state index contributed by atoms with van der Waals surface area (Å²) in [7, 11) is 0. The molecule has 0 saturated carbocycles. The van der Waals surface area contributed by atoms with Crippen LogP contribution in [0.2, 0.25) is 0 Å². The number of hydrogen-bond acceptors (Lipinski definition) is 1. The van der Waals surface area contributed by atoms with Crippen molar-refractivity contribution in [1.82, 2.24) is 0 Å². The van der Waals surface area contributed by atoms with Crippen LogP contribution in [-0.4, -0.2) is 11.1 Å². The van der Waals surface area contributed by atoms with E-state index in [1.165, 1.54) is 0 Å². The Kier molecular flexibility index (Phi) is 4.26. The first kappa shape index (κ1) is 14.4. The number of aliphatic carboxylic acids is 1. The zero-order chi connectivity index (χ0) is 13.9. The molecule has 7 heteroatoms. The van der Waals surface area contributed by atoms with Crippen LogP contribution in [0.4, 0.5) is 22.0 Å². The molecule has 2 nitrogen and oxygen atoms in total. The molecule has 0 aliphatic rings. The molecule has 1 N–H and O–H groups in total. The highest BCUT2D eigenvalue weighted by molar-refractivity contribution is 5.67. The molecule has 0 aromatic heterocycles. The van der Waals surface area contributed by atoms with E-state index in [2.05, 4.69) is 0 Å². The fourth-order valence-electron chi connectivity index (χ4n) is 1.47. The van der Waals surface area contributed by atoms with Gasteiger partial charge in [-0.15, -0.1) is 0 Å². The molecule has 18 heavy (non-hydrogen) atoms. The molecule has 100 valence electrons. The van der Waals surface area contributed by atoms with Crippen LogP contribution in [0.25, 0.3) is 0 Å². The van der Waals surface area contributed by atoms with Gasteiger partial charge in [0.15, 0.2) is 0 Å². The molecule has 1 aromatic rings. The number of benzene rings is 1. The summed E-state index contributed by atoms with van der Waals surface area (Å²) in [6.45, 7) is 0. The average molecular weight is 268 g/mol. The van der Waals surface area contributed by atoms with Crippen molar-refractivity contribution in [1.29, 1.82) is 0 Å². The summed E-state index contributed by atoms with van der Waals surface area (Å²) in [5, 5.41) is 8.42. The summed E-state index contributed by atoms with van der Waals surface area (Å²) < 4.78 is 62.5. The van der Waals surface area contributed by atoms with Crippen LogP contribution in [0, 0.1) is 0 Å². The topological polar surface area (TPSA) is 37.3 Å². The standard InChI is InChI=1S/C11H9F5O2/c12-10(13)7-1-3-8(11(14,15)16)6(5-7)2-4-9(17)18/h1,3,5,10H,2,4H2,(H,17,18). The highest BCUT2D eigenvalue weighted by atomic mass is 19.4. The lowest BCUT2D eigenvalue weighted by Gasteiger charge is -2.13. The van der Waals surface area contributed by atoms with Crippen molar-refractivity contribution in [2.24, 2.45) is 0 Å². The third kappa shape index (κ3) is 3.68. The van der Waals surface area contributed by atoms with Crippen molar-refractivity contribution in [2.75, 3.05) is 0 Å². The molecule has 0 unspecified atom stereocenters. The van der Waals surface area contributed by atoms with Gasteiger partial charge in [-0.05, 0) is 24.1 Å². The van der Waals surface area contributed by atoms with Crippen molar-refractivity contribution in [3.05, 3.63) is 34.9 Å². The summed E-state index contributed by atoms with van der Waals surface area (Å²) >= 11 is 0. The third-order valence-corrected chi connectivity index (χ3v) is 2.29. The second-order valence-corrected chi connectivity index (χ2v) is 3.61. The Balaban J connectivity index is 3.14. The van der Waals surface area contributed by atoms with Crippen molar-refractivity contribution in [3.8, 4) is 0 Å². The van der Waals surface area contributed by atoms with Crippen molar-refractivity contribution in [2.45, 2.75) is 25.4 Å². The molecule has 0 fully saturated rings. The number of hydrogen-bond donors (Lipinski definition) is 1. The van der Waals surface area contributed by atoms with Crippen LogP contribution in [-0.2, 0) is 17.4 Å². The van der Waals surface area contributed by atoms with Crippen LogP contribution >= 0.6 is 0 Å².